The molecule has 0 N–H and O–H groups in total. The van der Waals surface area contributed by atoms with Gasteiger partial charge < -0.3 is 14.2 Å². The summed E-state index contributed by atoms with van der Waals surface area (Å²) in [6.45, 7) is 1.23. The number of halogens is 1. The third-order valence-electron chi connectivity index (χ3n) is 6.71. The van der Waals surface area contributed by atoms with Crippen molar-refractivity contribution in [2.75, 3.05) is 20.3 Å². The number of fused-ring (bicyclic) bond motifs is 2. The molecule has 1 saturated heterocycles. The number of rotatable bonds is 4. The first-order chi connectivity index (χ1) is 12.7. The molecule has 0 spiro atoms. The van der Waals surface area contributed by atoms with Crippen molar-refractivity contribution >= 4 is 21.9 Å². The summed E-state index contributed by atoms with van der Waals surface area (Å²) < 4.78 is 18.2. The van der Waals surface area contributed by atoms with Gasteiger partial charge in [-0.1, -0.05) is 35.2 Å². The van der Waals surface area contributed by atoms with Gasteiger partial charge in [0.25, 0.3) is 0 Å². The Kier molecular flexibility index (Phi) is 5.67. The molecule has 1 aromatic rings. The molecule has 0 aromatic heterocycles. The highest BCUT2D eigenvalue weighted by Gasteiger charge is 2.51. The van der Waals surface area contributed by atoms with Crippen molar-refractivity contribution in [1.82, 2.24) is 0 Å². The Hall–Kier alpha value is -0.910. The molecule has 2 aliphatic carbocycles. The second-order valence-corrected chi connectivity index (χ2v) is 8.89. The maximum atomic E-state index is 12.5. The highest BCUT2D eigenvalue weighted by atomic mass is 79.9. The largest absolute Gasteiger partial charge is 0.462 e. The SMILES string of the molecule is CO[C@H]1OC[C@@H]2[C@@H](COC(=O)c3ccc(Br)cc3)[C@H]3CCCC[C@@H]3C[C@H]12. The summed E-state index contributed by atoms with van der Waals surface area (Å²) in [6, 6.07) is 7.36. The van der Waals surface area contributed by atoms with Crippen molar-refractivity contribution in [3.63, 3.8) is 0 Å². The highest BCUT2D eigenvalue weighted by molar-refractivity contribution is 9.10. The van der Waals surface area contributed by atoms with E-state index in [0.717, 1.165) is 17.0 Å². The molecule has 4 rings (SSSR count). The van der Waals surface area contributed by atoms with E-state index in [0.29, 0.717) is 35.8 Å². The molecule has 0 unspecified atom stereocenters. The molecule has 0 bridgehead atoms. The average Bonchev–Trinajstić information content (AvgIpc) is 3.08. The van der Waals surface area contributed by atoms with E-state index >= 15 is 0 Å². The Morgan fingerprint density at radius 1 is 1.15 bits per heavy atom. The van der Waals surface area contributed by atoms with E-state index in [-0.39, 0.29) is 12.3 Å². The Bertz CT molecular complexity index is 631. The third-order valence-corrected chi connectivity index (χ3v) is 7.24. The Morgan fingerprint density at radius 2 is 1.92 bits per heavy atom. The zero-order valence-corrected chi connectivity index (χ0v) is 16.8. The summed E-state index contributed by atoms with van der Waals surface area (Å²) in [6.07, 6.45) is 6.28. The van der Waals surface area contributed by atoms with Gasteiger partial charge in [0.1, 0.15) is 0 Å². The fourth-order valence-electron chi connectivity index (χ4n) is 5.47. The van der Waals surface area contributed by atoms with E-state index < -0.39 is 0 Å². The topological polar surface area (TPSA) is 44.8 Å². The molecule has 26 heavy (non-hydrogen) atoms. The maximum absolute atomic E-state index is 12.5. The van der Waals surface area contributed by atoms with Gasteiger partial charge in [0.15, 0.2) is 6.29 Å². The molecular formula is C21H27BrO4. The van der Waals surface area contributed by atoms with Crippen molar-refractivity contribution in [1.29, 1.82) is 0 Å². The zero-order chi connectivity index (χ0) is 18.1. The minimum absolute atomic E-state index is 0.0902. The normalized spacial score (nSPS) is 36.2. The van der Waals surface area contributed by atoms with Crippen molar-refractivity contribution in [2.45, 2.75) is 38.4 Å². The summed E-state index contributed by atoms with van der Waals surface area (Å²) in [7, 11) is 1.74. The number of carbonyl (C=O) groups is 1. The van der Waals surface area contributed by atoms with Crippen LogP contribution in [0.25, 0.3) is 0 Å². The zero-order valence-electron chi connectivity index (χ0n) is 15.2. The van der Waals surface area contributed by atoms with Crippen molar-refractivity contribution in [3.8, 4) is 0 Å². The second kappa shape index (κ2) is 7.99. The average molecular weight is 423 g/mol. The van der Waals surface area contributed by atoms with E-state index in [1.807, 2.05) is 12.1 Å². The van der Waals surface area contributed by atoms with Crippen LogP contribution in [-0.2, 0) is 14.2 Å². The van der Waals surface area contributed by atoms with E-state index in [1.165, 1.54) is 32.1 Å². The first kappa shape index (κ1) is 18.5. The fraction of sp³-hybridized carbons (Fsp3) is 0.667. The quantitative estimate of drug-likeness (QED) is 0.661. The lowest BCUT2D eigenvalue weighted by molar-refractivity contribution is -0.120. The van der Waals surface area contributed by atoms with Crippen LogP contribution in [0.5, 0.6) is 0 Å². The number of hydrogen-bond donors (Lipinski definition) is 0. The molecule has 3 aliphatic rings. The van der Waals surface area contributed by atoms with Crippen LogP contribution in [-0.4, -0.2) is 32.6 Å². The minimum atomic E-state index is -0.228. The van der Waals surface area contributed by atoms with Crippen molar-refractivity contribution < 1.29 is 19.0 Å². The fourth-order valence-corrected chi connectivity index (χ4v) is 5.74. The van der Waals surface area contributed by atoms with Gasteiger partial charge in [-0.05, 0) is 54.9 Å². The summed E-state index contributed by atoms with van der Waals surface area (Å²) in [5, 5.41) is 0. The van der Waals surface area contributed by atoms with E-state index in [1.54, 1.807) is 19.2 Å². The number of ether oxygens (including phenoxy) is 3. The lowest BCUT2D eigenvalue weighted by Crippen LogP contribution is -2.45. The molecule has 0 amide bonds. The Labute approximate surface area is 163 Å². The lowest BCUT2D eigenvalue weighted by atomic mass is 9.58. The minimum Gasteiger partial charge on any atom is -0.462 e. The van der Waals surface area contributed by atoms with Crippen LogP contribution in [0.2, 0.25) is 0 Å². The van der Waals surface area contributed by atoms with Gasteiger partial charge in [-0.2, -0.15) is 0 Å². The standard InChI is InChI=1S/C21H27BrO4/c1-24-21-17-10-14-4-2-3-5-16(14)18(19(17)12-26-21)11-25-20(23)13-6-8-15(22)9-7-13/h6-9,14,16-19,21H,2-5,10-12H2,1H3/t14-,16+,17+,18+,19+,21+/m1/s1. The number of hydrogen-bond acceptors (Lipinski definition) is 4. The van der Waals surface area contributed by atoms with Crippen LogP contribution in [0.15, 0.2) is 28.7 Å². The van der Waals surface area contributed by atoms with Gasteiger partial charge in [-0.3, -0.25) is 0 Å². The van der Waals surface area contributed by atoms with Crippen LogP contribution >= 0.6 is 15.9 Å². The van der Waals surface area contributed by atoms with Crippen LogP contribution < -0.4 is 0 Å². The Morgan fingerprint density at radius 3 is 2.69 bits per heavy atom. The predicted molar refractivity (Wildman–Crippen MR) is 102 cm³/mol. The molecule has 142 valence electrons. The molecule has 1 aromatic carbocycles. The Balaban J connectivity index is 1.47. The molecule has 4 nitrogen and oxygen atoms in total. The monoisotopic (exact) mass is 422 g/mol. The number of esters is 1. The smallest absolute Gasteiger partial charge is 0.338 e. The van der Waals surface area contributed by atoms with Crippen molar-refractivity contribution in [3.05, 3.63) is 34.3 Å². The highest BCUT2D eigenvalue weighted by Crippen LogP contribution is 2.52. The van der Waals surface area contributed by atoms with Gasteiger partial charge in [-0.25, -0.2) is 4.79 Å². The third kappa shape index (κ3) is 3.58. The summed E-state index contributed by atoms with van der Waals surface area (Å²) >= 11 is 3.40. The van der Waals surface area contributed by atoms with Crippen LogP contribution in [0.4, 0.5) is 0 Å². The molecule has 2 saturated carbocycles. The summed E-state index contributed by atoms with van der Waals surface area (Å²) in [5.74, 6) is 2.42. The second-order valence-electron chi connectivity index (χ2n) is 7.98. The lowest BCUT2D eigenvalue weighted by Gasteiger charge is -2.47. The molecule has 1 aliphatic heterocycles. The molecule has 5 heteroatoms. The van der Waals surface area contributed by atoms with Crippen molar-refractivity contribution in [2.24, 2.45) is 29.6 Å². The van der Waals surface area contributed by atoms with Gasteiger partial charge >= 0.3 is 5.97 Å². The van der Waals surface area contributed by atoms with Crippen LogP contribution in [0.1, 0.15) is 42.5 Å². The molecule has 3 fully saturated rings. The summed E-state index contributed by atoms with van der Waals surface area (Å²) in [5.41, 5.74) is 0.609. The first-order valence-corrected chi connectivity index (χ1v) is 10.5. The molecule has 0 radical (unpaired) electrons. The van der Waals surface area contributed by atoms with E-state index in [9.17, 15) is 4.79 Å². The van der Waals surface area contributed by atoms with E-state index in [2.05, 4.69) is 15.9 Å². The number of benzene rings is 1. The first-order valence-electron chi connectivity index (χ1n) is 9.74. The van der Waals surface area contributed by atoms with Gasteiger partial charge in [-0.15, -0.1) is 0 Å². The molecule has 6 atom stereocenters. The van der Waals surface area contributed by atoms with Gasteiger partial charge in [0.05, 0.1) is 18.8 Å². The van der Waals surface area contributed by atoms with Gasteiger partial charge in [0, 0.05) is 23.4 Å². The molecular weight excluding hydrogens is 396 g/mol. The predicted octanol–water partition coefficient (Wildman–Crippen LogP) is 4.67. The van der Waals surface area contributed by atoms with Crippen LogP contribution in [0.3, 0.4) is 0 Å². The summed E-state index contributed by atoms with van der Waals surface area (Å²) in [4.78, 5) is 12.5. The number of carbonyl (C=O) groups excluding carboxylic acids is 1. The van der Waals surface area contributed by atoms with Gasteiger partial charge in [0.2, 0.25) is 0 Å². The molecule has 1 heterocycles. The maximum Gasteiger partial charge on any atom is 0.338 e. The van der Waals surface area contributed by atoms with Crippen LogP contribution in [0, 0.1) is 29.6 Å². The van der Waals surface area contributed by atoms with E-state index in [4.69, 9.17) is 14.2 Å². The number of methoxy groups -OCH3 is 1.